The number of ether oxygens (including phenoxy) is 2. The van der Waals surface area contributed by atoms with Gasteiger partial charge in [-0.05, 0) is 35.4 Å². The number of thioether (sulfide) groups is 1. The molecule has 8 nitrogen and oxygen atoms in total. The Hall–Kier alpha value is -3.54. The predicted octanol–water partition coefficient (Wildman–Crippen LogP) is 3.56. The minimum absolute atomic E-state index is 0.201. The highest BCUT2D eigenvalue weighted by atomic mass is 32.2. The van der Waals surface area contributed by atoms with Crippen molar-refractivity contribution in [1.82, 2.24) is 5.32 Å². The third kappa shape index (κ3) is 7.30. The van der Waals surface area contributed by atoms with Gasteiger partial charge in [-0.15, -0.1) is 18.3 Å². The van der Waals surface area contributed by atoms with Crippen LogP contribution in [0.2, 0.25) is 0 Å². The molecule has 32 heavy (non-hydrogen) atoms. The van der Waals surface area contributed by atoms with Crippen LogP contribution in [-0.4, -0.2) is 40.0 Å². The molecular formula is C20H16F3N3O5S. The fraction of sp³-hybridized carbons (Fsp3) is 0.200. The topological polar surface area (TPSA) is 110 Å². The highest BCUT2D eigenvalue weighted by molar-refractivity contribution is 8.15. The molecule has 1 unspecified atom stereocenters. The molecule has 12 heteroatoms. The van der Waals surface area contributed by atoms with Gasteiger partial charge in [0, 0.05) is 0 Å². The van der Waals surface area contributed by atoms with Crippen molar-refractivity contribution in [1.29, 1.82) is 0 Å². The van der Waals surface area contributed by atoms with Gasteiger partial charge < -0.3 is 19.9 Å². The van der Waals surface area contributed by atoms with Crippen LogP contribution in [0.1, 0.15) is 17.5 Å². The van der Waals surface area contributed by atoms with Crippen LogP contribution in [0.3, 0.4) is 0 Å². The van der Waals surface area contributed by atoms with E-state index in [1.54, 1.807) is 24.3 Å². The van der Waals surface area contributed by atoms with E-state index in [0.717, 1.165) is 22.9 Å². The number of carbonyl (C=O) groups excluding carboxylic acids is 1. The van der Waals surface area contributed by atoms with Gasteiger partial charge in [0.1, 0.15) is 23.4 Å². The van der Waals surface area contributed by atoms with Gasteiger partial charge in [0.15, 0.2) is 5.17 Å². The summed E-state index contributed by atoms with van der Waals surface area (Å²) in [5.41, 5.74) is 1.54. The highest BCUT2D eigenvalue weighted by Gasteiger charge is 2.32. The molecule has 2 aromatic carbocycles. The Bertz CT molecular complexity index is 1020. The molecule has 1 atom stereocenters. The lowest BCUT2D eigenvalue weighted by Gasteiger charge is -2.10. The van der Waals surface area contributed by atoms with Crippen molar-refractivity contribution in [2.24, 2.45) is 10.2 Å². The summed E-state index contributed by atoms with van der Waals surface area (Å²) < 4.78 is 45.8. The molecule has 1 heterocycles. The van der Waals surface area contributed by atoms with E-state index in [1.165, 1.54) is 30.5 Å². The molecule has 168 valence electrons. The van der Waals surface area contributed by atoms with E-state index in [2.05, 4.69) is 20.3 Å². The summed E-state index contributed by atoms with van der Waals surface area (Å²) >= 11 is 1.01. The van der Waals surface area contributed by atoms with Crippen LogP contribution >= 0.6 is 11.8 Å². The minimum atomic E-state index is -4.74. The van der Waals surface area contributed by atoms with Crippen LogP contribution in [0, 0.1) is 0 Å². The first kappa shape index (κ1) is 23.1. The van der Waals surface area contributed by atoms with Gasteiger partial charge in [-0.1, -0.05) is 36.0 Å². The van der Waals surface area contributed by atoms with E-state index in [4.69, 9.17) is 9.84 Å². The molecule has 1 aliphatic heterocycles. The van der Waals surface area contributed by atoms with E-state index in [0.29, 0.717) is 5.75 Å². The first-order chi connectivity index (χ1) is 15.2. The van der Waals surface area contributed by atoms with Crippen molar-refractivity contribution < 1.29 is 37.3 Å². The molecule has 1 aliphatic rings. The maximum Gasteiger partial charge on any atom is 0.573 e. The van der Waals surface area contributed by atoms with Crippen molar-refractivity contribution in [3.63, 3.8) is 0 Å². The molecule has 0 radical (unpaired) electrons. The average Bonchev–Trinajstić information content (AvgIpc) is 3.06. The zero-order valence-electron chi connectivity index (χ0n) is 16.2. The number of nitrogens with one attached hydrogen (secondary N) is 1. The number of halogens is 3. The van der Waals surface area contributed by atoms with E-state index < -0.39 is 23.5 Å². The number of carboxylic acid groups (broad SMARTS) is 1. The maximum absolute atomic E-state index is 12.2. The van der Waals surface area contributed by atoms with Crippen molar-refractivity contribution in [3.05, 3.63) is 59.7 Å². The number of rotatable bonds is 8. The second-order valence-corrected chi connectivity index (χ2v) is 7.58. The van der Waals surface area contributed by atoms with Gasteiger partial charge in [-0.25, -0.2) is 0 Å². The molecule has 2 aromatic rings. The fourth-order valence-corrected chi connectivity index (χ4v) is 3.41. The molecule has 1 amide bonds. The van der Waals surface area contributed by atoms with Gasteiger partial charge in [-0.2, -0.15) is 5.10 Å². The SMILES string of the molecule is O=C(O)CC1SC(=NN=Cc2ccc(COc3ccc(OC(F)(F)F)cc3)cc2)NC1=O. The largest absolute Gasteiger partial charge is 0.573 e. The second kappa shape index (κ2) is 10.2. The second-order valence-electron chi connectivity index (χ2n) is 6.39. The van der Waals surface area contributed by atoms with Gasteiger partial charge in [0.25, 0.3) is 0 Å². The lowest BCUT2D eigenvalue weighted by molar-refractivity contribution is -0.274. The van der Waals surface area contributed by atoms with Crippen molar-refractivity contribution in [2.45, 2.75) is 24.6 Å². The third-order valence-corrected chi connectivity index (χ3v) is 5.01. The zero-order valence-corrected chi connectivity index (χ0v) is 17.0. The molecule has 0 aliphatic carbocycles. The zero-order chi connectivity index (χ0) is 23.1. The Morgan fingerprint density at radius 2 is 1.78 bits per heavy atom. The van der Waals surface area contributed by atoms with Crippen LogP contribution < -0.4 is 14.8 Å². The van der Waals surface area contributed by atoms with Gasteiger partial charge >= 0.3 is 12.3 Å². The maximum atomic E-state index is 12.2. The van der Waals surface area contributed by atoms with Gasteiger partial charge in [-0.3, -0.25) is 9.59 Å². The summed E-state index contributed by atoms with van der Waals surface area (Å²) in [4.78, 5) is 22.3. The number of carbonyl (C=O) groups is 2. The third-order valence-electron chi connectivity index (χ3n) is 3.93. The smallest absolute Gasteiger partial charge is 0.489 e. The van der Waals surface area contributed by atoms with Crippen LogP contribution in [0.15, 0.2) is 58.7 Å². The number of aliphatic carboxylic acids is 1. The Morgan fingerprint density at radius 3 is 2.41 bits per heavy atom. The van der Waals surface area contributed by atoms with Gasteiger partial charge in [0.2, 0.25) is 5.91 Å². The van der Waals surface area contributed by atoms with Crippen molar-refractivity contribution in [3.8, 4) is 11.5 Å². The summed E-state index contributed by atoms with van der Waals surface area (Å²) in [7, 11) is 0. The summed E-state index contributed by atoms with van der Waals surface area (Å²) in [6, 6.07) is 12.2. The standard InChI is InChI=1S/C20H16F3N3O5S/c21-20(22,23)31-15-7-5-14(6-8-15)30-11-13-3-1-12(2-4-13)10-24-26-19-25-18(29)16(32-19)9-17(27)28/h1-8,10,16H,9,11H2,(H,27,28)(H,25,26,29). The number of hydrogen-bond acceptors (Lipinski definition) is 7. The number of amides is 1. The number of alkyl halides is 3. The number of nitrogens with zero attached hydrogens (tertiary/aromatic N) is 2. The molecular weight excluding hydrogens is 451 g/mol. The first-order valence-electron chi connectivity index (χ1n) is 9.06. The number of benzene rings is 2. The molecule has 3 rings (SSSR count). The van der Waals surface area contributed by atoms with Crippen LogP contribution in [0.25, 0.3) is 0 Å². The molecule has 1 saturated heterocycles. The van der Waals surface area contributed by atoms with E-state index >= 15 is 0 Å². The van der Waals surface area contributed by atoms with Crippen LogP contribution in [0.4, 0.5) is 13.2 Å². The lowest BCUT2D eigenvalue weighted by atomic mass is 10.1. The predicted molar refractivity (Wildman–Crippen MR) is 111 cm³/mol. The number of carboxylic acids is 1. The minimum Gasteiger partial charge on any atom is -0.489 e. The highest BCUT2D eigenvalue weighted by Crippen LogP contribution is 2.25. The summed E-state index contributed by atoms with van der Waals surface area (Å²) in [6.07, 6.45) is -3.57. The Balaban J connectivity index is 1.49. The van der Waals surface area contributed by atoms with Crippen molar-refractivity contribution in [2.75, 3.05) is 0 Å². The summed E-state index contributed by atoms with van der Waals surface area (Å²) in [5.74, 6) is -1.43. The van der Waals surface area contributed by atoms with Crippen LogP contribution in [0.5, 0.6) is 11.5 Å². The fourth-order valence-electron chi connectivity index (χ4n) is 2.50. The summed E-state index contributed by atoms with van der Waals surface area (Å²) in [5, 5.41) is 18.5. The Kier molecular flexibility index (Phi) is 7.36. The number of amidine groups is 1. The first-order valence-corrected chi connectivity index (χ1v) is 9.94. The molecule has 0 aromatic heterocycles. The van der Waals surface area contributed by atoms with E-state index in [9.17, 15) is 22.8 Å². The normalized spacial score (nSPS) is 17.5. The van der Waals surface area contributed by atoms with Crippen molar-refractivity contribution >= 4 is 35.0 Å². The number of hydrogen-bond donors (Lipinski definition) is 2. The lowest BCUT2D eigenvalue weighted by Crippen LogP contribution is -2.26. The molecule has 0 spiro atoms. The molecule has 2 N–H and O–H groups in total. The summed E-state index contributed by atoms with van der Waals surface area (Å²) in [6.45, 7) is 0.201. The van der Waals surface area contributed by atoms with E-state index in [1.807, 2.05) is 0 Å². The average molecular weight is 467 g/mol. The molecule has 0 saturated carbocycles. The molecule has 0 bridgehead atoms. The Morgan fingerprint density at radius 1 is 1.12 bits per heavy atom. The van der Waals surface area contributed by atoms with Gasteiger partial charge in [0.05, 0.1) is 12.6 Å². The Labute approximate surface area is 184 Å². The van der Waals surface area contributed by atoms with Crippen LogP contribution in [-0.2, 0) is 16.2 Å². The quantitative estimate of drug-likeness (QED) is 0.454. The van der Waals surface area contributed by atoms with E-state index in [-0.39, 0.29) is 23.9 Å². The monoisotopic (exact) mass is 467 g/mol. The molecule has 1 fully saturated rings.